The van der Waals surface area contributed by atoms with Crippen LogP contribution in [-0.2, 0) is 10.4 Å². The minimum Gasteiger partial charge on any atom is -0.423 e. The Hall–Kier alpha value is -1.44. The maximum Gasteiger partial charge on any atom is 0.489 e. The van der Waals surface area contributed by atoms with E-state index in [-0.39, 0.29) is 6.23 Å². The summed E-state index contributed by atoms with van der Waals surface area (Å²) in [6, 6.07) is 2.03. The van der Waals surface area contributed by atoms with Crippen LogP contribution in [-0.4, -0.2) is 33.6 Å². The van der Waals surface area contributed by atoms with Crippen LogP contribution in [0.5, 0.6) is 0 Å². The van der Waals surface area contributed by atoms with Crippen molar-refractivity contribution in [1.82, 2.24) is 9.78 Å². The zero-order valence-corrected chi connectivity index (χ0v) is 14.1. The molecule has 1 atom stereocenters. The molecule has 132 valence electrons. The summed E-state index contributed by atoms with van der Waals surface area (Å²) in [5, 5.41) is 25.2. The smallest absolute Gasteiger partial charge is 0.423 e. The summed E-state index contributed by atoms with van der Waals surface area (Å²) in [7, 11) is -1.70. The van der Waals surface area contributed by atoms with Crippen LogP contribution in [0, 0.1) is 0 Å². The Kier molecular flexibility index (Phi) is 3.49. The van der Waals surface area contributed by atoms with E-state index >= 15 is 4.39 Å². The molecule has 1 aromatic heterocycles. The normalized spacial score (nSPS) is 25.3. The van der Waals surface area contributed by atoms with Crippen LogP contribution < -0.4 is 5.46 Å². The first-order valence-electron chi connectivity index (χ1n) is 9.29. The van der Waals surface area contributed by atoms with Crippen molar-refractivity contribution >= 4 is 23.5 Å². The lowest BCUT2D eigenvalue weighted by Crippen LogP contribution is -2.37. The molecule has 0 radical (unpaired) electrons. The Balaban J connectivity index is 1.74. The fourth-order valence-corrected chi connectivity index (χ4v) is 4.22. The molecule has 0 spiro atoms. The van der Waals surface area contributed by atoms with Crippen LogP contribution in [0.3, 0.4) is 0 Å². The lowest BCUT2D eigenvalue weighted by molar-refractivity contribution is -0.0366. The highest BCUT2D eigenvalue weighted by Gasteiger charge is 2.51. The van der Waals surface area contributed by atoms with E-state index in [0.717, 1.165) is 43.2 Å². The van der Waals surface area contributed by atoms with Crippen molar-refractivity contribution in [2.45, 2.75) is 62.8 Å². The van der Waals surface area contributed by atoms with E-state index in [0.29, 0.717) is 41.8 Å². The van der Waals surface area contributed by atoms with Gasteiger partial charge in [0.15, 0.2) is 6.23 Å². The van der Waals surface area contributed by atoms with Gasteiger partial charge in [0, 0.05) is 12.0 Å². The van der Waals surface area contributed by atoms with Gasteiger partial charge in [0.25, 0.3) is 0 Å². The zero-order chi connectivity index (χ0) is 17.2. The number of hydrogen-bond acceptors (Lipinski definition) is 4. The highest BCUT2D eigenvalue weighted by Crippen LogP contribution is 2.54. The average Bonchev–Trinajstić information content (AvgIpc) is 3.53. The third-order valence-corrected chi connectivity index (χ3v) is 5.82. The van der Waals surface area contributed by atoms with Crippen molar-refractivity contribution in [1.29, 1.82) is 0 Å². The Morgan fingerprint density at radius 2 is 2.04 bits per heavy atom. The summed E-state index contributed by atoms with van der Waals surface area (Å²) in [4.78, 5) is 0. The molecule has 0 amide bonds. The molecule has 7 heteroatoms. The summed E-state index contributed by atoms with van der Waals surface area (Å²) >= 11 is 0. The van der Waals surface area contributed by atoms with Crippen molar-refractivity contribution in [3.63, 3.8) is 0 Å². The molecular formula is C18H22BFN2O3. The number of nitrogens with zero attached hydrogens (tertiary/aromatic N) is 2. The molecule has 2 aliphatic carbocycles. The maximum absolute atomic E-state index is 15.1. The van der Waals surface area contributed by atoms with Crippen molar-refractivity contribution in [2.75, 3.05) is 6.61 Å². The molecule has 1 unspecified atom stereocenters. The van der Waals surface area contributed by atoms with Crippen molar-refractivity contribution < 1.29 is 19.2 Å². The summed E-state index contributed by atoms with van der Waals surface area (Å²) in [6.07, 6.45) is 7.51. The van der Waals surface area contributed by atoms with Crippen LogP contribution >= 0.6 is 0 Å². The molecule has 2 aromatic rings. The predicted molar refractivity (Wildman–Crippen MR) is 92.4 cm³/mol. The Bertz CT molecular complexity index is 823. The molecule has 1 aliphatic heterocycles. The van der Waals surface area contributed by atoms with E-state index in [9.17, 15) is 10.0 Å². The third-order valence-electron chi connectivity index (χ3n) is 5.82. The molecule has 3 fully saturated rings. The van der Waals surface area contributed by atoms with Gasteiger partial charge in [0.1, 0.15) is 5.67 Å². The molecule has 0 bridgehead atoms. The largest absolute Gasteiger partial charge is 0.489 e. The van der Waals surface area contributed by atoms with Gasteiger partial charge in [0.05, 0.1) is 11.7 Å². The quantitative estimate of drug-likeness (QED) is 0.835. The second kappa shape index (κ2) is 5.53. The Morgan fingerprint density at radius 3 is 2.64 bits per heavy atom. The molecule has 25 heavy (non-hydrogen) atoms. The fourth-order valence-electron chi connectivity index (χ4n) is 4.22. The van der Waals surface area contributed by atoms with Gasteiger partial charge in [-0.1, -0.05) is 0 Å². The molecule has 2 saturated carbocycles. The summed E-state index contributed by atoms with van der Waals surface area (Å²) in [6.45, 7) is 0.711. The first kappa shape index (κ1) is 15.8. The van der Waals surface area contributed by atoms with E-state index < -0.39 is 12.8 Å². The second-order valence-corrected chi connectivity index (χ2v) is 7.71. The van der Waals surface area contributed by atoms with Crippen molar-refractivity contribution in [2.24, 2.45) is 0 Å². The summed E-state index contributed by atoms with van der Waals surface area (Å²) < 4.78 is 22.8. The van der Waals surface area contributed by atoms with Gasteiger partial charge in [-0.2, -0.15) is 5.10 Å². The van der Waals surface area contributed by atoms with Crippen LogP contribution in [0.25, 0.3) is 10.9 Å². The number of aromatic nitrogens is 2. The van der Waals surface area contributed by atoms with Gasteiger partial charge in [-0.3, -0.25) is 0 Å². The monoisotopic (exact) mass is 344 g/mol. The SMILES string of the molecule is OB(O)c1c(C2(F)CC2)c(C2CC2)cc2c1cnn2C1CCCCO1. The summed E-state index contributed by atoms with van der Waals surface area (Å²) in [5.74, 6) is 0.320. The molecule has 5 nitrogen and oxygen atoms in total. The van der Waals surface area contributed by atoms with Gasteiger partial charge in [0.2, 0.25) is 0 Å². The zero-order valence-electron chi connectivity index (χ0n) is 14.1. The molecule has 1 saturated heterocycles. The Labute approximate surface area is 145 Å². The van der Waals surface area contributed by atoms with E-state index in [4.69, 9.17) is 4.74 Å². The van der Waals surface area contributed by atoms with Gasteiger partial charge in [-0.15, -0.1) is 0 Å². The minimum absolute atomic E-state index is 0.131. The second-order valence-electron chi connectivity index (χ2n) is 7.71. The van der Waals surface area contributed by atoms with Crippen molar-refractivity contribution in [3.05, 3.63) is 23.4 Å². The lowest BCUT2D eigenvalue weighted by atomic mass is 9.71. The van der Waals surface area contributed by atoms with E-state index in [1.807, 2.05) is 10.7 Å². The van der Waals surface area contributed by atoms with E-state index in [1.54, 1.807) is 6.20 Å². The Morgan fingerprint density at radius 1 is 1.24 bits per heavy atom. The predicted octanol–water partition coefficient (Wildman–Crippen LogP) is 2.25. The van der Waals surface area contributed by atoms with Crippen LogP contribution in [0.2, 0.25) is 0 Å². The van der Waals surface area contributed by atoms with E-state index in [1.165, 1.54) is 0 Å². The lowest BCUT2D eigenvalue weighted by Gasteiger charge is -2.24. The molecular weight excluding hydrogens is 322 g/mol. The summed E-state index contributed by atoms with van der Waals surface area (Å²) in [5.41, 5.74) is 1.18. The minimum atomic E-state index is -1.70. The highest BCUT2D eigenvalue weighted by molar-refractivity contribution is 6.62. The third kappa shape index (κ3) is 2.52. The van der Waals surface area contributed by atoms with Crippen LogP contribution in [0.1, 0.15) is 68.2 Å². The van der Waals surface area contributed by atoms with E-state index in [2.05, 4.69) is 5.10 Å². The molecule has 1 aromatic carbocycles. The topological polar surface area (TPSA) is 67.5 Å². The number of hydrogen-bond donors (Lipinski definition) is 2. The van der Waals surface area contributed by atoms with Crippen molar-refractivity contribution in [3.8, 4) is 0 Å². The van der Waals surface area contributed by atoms with Gasteiger partial charge < -0.3 is 14.8 Å². The number of halogens is 1. The first-order chi connectivity index (χ1) is 12.1. The van der Waals surface area contributed by atoms with Crippen LogP contribution in [0.15, 0.2) is 12.3 Å². The number of ether oxygens (including phenoxy) is 1. The van der Waals surface area contributed by atoms with Gasteiger partial charge >= 0.3 is 7.12 Å². The van der Waals surface area contributed by atoms with Gasteiger partial charge in [-0.05, 0) is 73.5 Å². The molecule has 2 N–H and O–H groups in total. The maximum atomic E-state index is 15.1. The number of fused-ring (bicyclic) bond motifs is 1. The average molecular weight is 344 g/mol. The standard InChI is InChI=1S/C18H22BFN2O3/c20-18(6-7-18)16-12(11-4-5-11)9-14-13(17(16)19(23)24)10-21-22(14)15-3-1-2-8-25-15/h9-11,15,23-24H,1-8H2. The van der Waals surface area contributed by atoms with Crippen LogP contribution in [0.4, 0.5) is 4.39 Å². The molecule has 3 aliphatic rings. The van der Waals surface area contributed by atoms with Gasteiger partial charge in [-0.25, -0.2) is 9.07 Å². The highest BCUT2D eigenvalue weighted by atomic mass is 19.1. The number of benzene rings is 1. The number of alkyl halides is 1. The fraction of sp³-hybridized carbons (Fsp3) is 0.611. The molecule has 5 rings (SSSR count). The molecule has 2 heterocycles. The number of rotatable bonds is 4. The first-order valence-corrected chi connectivity index (χ1v) is 9.29.